The minimum absolute atomic E-state index is 0.147. The summed E-state index contributed by atoms with van der Waals surface area (Å²) in [5.74, 6) is -1.74. The zero-order valence-electron chi connectivity index (χ0n) is 6.10. The van der Waals surface area contributed by atoms with Crippen LogP contribution in [0.1, 0.15) is 6.92 Å². The molecule has 1 atom stereocenters. The Morgan fingerprint density at radius 1 is 1.64 bits per heavy atom. The standard InChI is InChI=1S/C5H8F2O3S/c1-3-10-4(8)5(6,7)11(2)9/h3H2,1-2H3/t11-/m0/s1. The smallest absolute Gasteiger partial charge is 0.415 e. The molecule has 0 N–H and O–H groups in total. The molecule has 0 fully saturated rings. The molecule has 0 saturated heterocycles. The normalized spacial score (nSPS) is 14.2. The average Bonchev–Trinajstić information content (AvgIpc) is 1.88. The van der Waals surface area contributed by atoms with E-state index in [4.69, 9.17) is 0 Å². The Morgan fingerprint density at radius 3 is 2.36 bits per heavy atom. The van der Waals surface area contributed by atoms with Gasteiger partial charge in [0.15, 0.2) is 0 Å². The molecule has 66 valence electrons. The lowest BCUT2D eigenvalue weighted by atomic mass is 10.7. The Labute approximate surface area is 65.2 Å². The quantitative estimate of drug-likeness (QED) is 0.603. The second-order valence-electron chi connectivity index (χ2n) is 1.69. The molecular formula is C5H8F2O3S. The number of carbonyl (C=O) groups excluding carboxylic acids is 1. The zero-order valence-corrected chi connectivity index (χ0v) is 6.91. The number of alkyl halides is 2. The summed E-state index contributed by atoms with van der Waals surface area (Å²) in [4.78, 5) is 10.3. The summed E-state index contributed by atoms with van der Waals surface area (Å²) in [5, 5.41) is -3.88. The van der Waals surface area contributed by atoms with Crippen LogP contribution >= 0.6 is 0 Å². The number of hydrogen-bond acceptors (Lipinski definition) is 3. The van der Waals surface area contributed by atoms with Crippen LogP contribution in [0.4, 0.5) is 8.78 Å². The molecule has 0 rings (SSSR count). The highest BCUT2D eigenvalue weighted by Gasteiger charge is 2.45. The Morgan fingerprint density at radius 2 is 2.09 bits per heavy atom. The minimum Gasteiger partial charge on any atom is -0.461 e. The molecule has 0 unspecified atom stereocenters. The van der Waals surface area contributed by atoms with Crippen LogP contribution in [0.2, 0.25) is 0 Å². The second kappa shape index (κ2) is 3.75. The van der Waals surface area contributed by atoms with Gasteiger partial charge in [0, 0.05) is 6.26 Å². The summed E-state index contributed by atoms with van der Waals surface area (Å²) in [6.45, 7) is 1.25. The third-order valence-corrected chi connectivity index (χ3v) is 1.76. The minimum atomic E-state index is -3.88. The fraction of sp³-hybridized carbons (Fsp3) is 0.800. The summed E-state index contributed by atoms with van der Waals surface area (Å²) < 4.78 is 38.9. The van der Waals surface area contributed by atoms with E-state index in [-0.39, 0.29) is 6.61 Å². The maximum absolute atomic E-state index is 12.4. The number of carbonyl (C=O) groups is 1. The van der Waals surface area contributed by atoms with Crippen LogP contribution in [0.15, 0.2) is 0 Å². The van der Waals surface area contributed by atoms with Gasteiger partial charge in [-0.15, -0.1) is 0 Å². The molecule has 0 bridgehead atoms. The molecule has 0 aliphatic heterocycles. The van der Waals surface area contributed by atoms with Crippen molar-refractivity contribution in [2.45, 2.75) is 12.2 Å². The maximum Gasteiger partial charge on any atom is 0.415 e. The van der Waals surface area contributed by atoms with Crippen molar-refractivity contribution >= 4 is 16.8 Å². The summed E-state index contributed by atoms with van der Waals surface area (Å²) in [7, 11) is -2.52. The Bertz CT molecular complexity index is 181. The number of rotatable bonds is 3. The van der Waals surface area contributed by atoms with E-state index in [9.17, 15) is 17.8 Å². The van der Waals surface area contributed by atoms with Crippen LogP contribution in [-0.4, -0.2) is 28.3 Å². The summed E-state index contributed by atoms with van der Waals surface area (Å²) in [5.41, 5.74) is 0. The van der Waals surface area contributed by atoms with Crippen molar-refractivity contribution in [3.05, 3.63) is 0 Å². The van der Waals surface area contributed by atoms with Crippen LogP contribution in [-0.2, 0) is 20.3 Å². The average molecular weight is 186 g/mol. The lowest BCUT2D eigenvalue weighted by Crippen LogP contribution is -2.34. The van der Waals surface area contributed by atoms with Gasteiger partial charge in [0.2, 0.25) is 0 Å². The Kier molecular flexibility index (Phi) is 3.57. The molecular weight excluding hydrogens is 178 g/mol. The number of ether oxygens (including phenoxy) is 1. The zero-order chi connectivity index (χ0) is 9.07. The van der Waals surface area contributed by atoms with Crippen LogP contribution in [0.3, 0.4) is 0 Å². The molecule has 0 aromatic rings. The molecule has 0 aromatic heterocycles. The topological polar surface area (TPSA) is 43.4 Å². The van der Waals surface area contributed by atoms with Crippen molar-refractivity contribution in [2.75, 3.05) is 12.9 Å². The van der Waals surface area contributed by atoms with Crippen molar-refractivity contribution in [3.8, 4) is 0 Å². The predicted molar refractivity (Wildman–Crippen MR) is 35.6 cm³/mol. The Hall–Kier alpha value is -0.520. The van der Waals surface area contributed by atoms with Crippen LogP contribution in [0.25, 0.3) is 0 Å². The van der Waals surface area contributed by atoms with Gasteiger partial charge >= 0.3 is 11.2 Å². The third kappa shape index (κ3) is 2.53. The first-order valence-electron chi connectivity index (χ1n) is 2.81. The highest BCUT2D eigenvalue weighted by Crippen LogP contribution is 2.18. The largest absolute Gasteiger partial charge is 0.461 e. The molecule has 0 spiro atoms. The van der Waals surface area contributed by atoms with Crippen molar-refractivity contribution in [3.63, 3.8) is 0 Å². The molecule has 0 aliphatic rings. The summed E-state index contributed by atoms with van der Waals surface area (Å²) in [6.07, 6.45) is 0.747. The first-order valence-corrected chi connectivity index (χ1v) is 4.37. The van der Waals surface area contributed by atoms with Gasteiger partial charge in [-0.2, -0.15) is 8.78 Å². The first-order chi connectivity index (χ1) is 4.92. The van der Waals surface area contributed by atoms with E-state index < -0.39 is 22.0 Å². The highest BCUT2D eigenvalue weighted by molar-refractivity contribution is 7.86. The van der Waals surface area contributed by atoms with Crippen molar-refractivity contribution in [2.24, 2.45) is 0 Å². The second-order valence-corrected chi connectivity index (χ2v) is 3.11. The van der Waals surface area contributed by atoms with Crippen molar-refractivity contribution in [1.82, 2.24) is 0 Å². The molecule has 6 heteroatoms. The van der Waals surface area contributed by atoms with E-state index in [2.05, 4.69) is 4.74 Å². The number of esters is 1. The van der Waals surface area contributed by atoms with Gasteiger partial charge in [0.1, 0.15) is 0 Å². The van der Waals surface area contributed by atoms with Gasteiger partial charge in [-0.3, -0.25) is 4.21 Å². The SMILES string of the molecule is CCOC(=O)C(F)(F)[S@](C)=O. The monoisotopic (exact) mass is 186 g/mol. The van der Waals surface area contributed by atoms with Gasteiger partial charge in [-0.1, -0.05) is 0 Å². The van der Waals surface area contributed by atoms with Crippen LogP contribution in [0.5, 0.6) is 0 Å². The first kappa shape index (κ1) is 10.5. The van der Waals surface area contributed by atoms with Crippen molar-refractivity contribution in [1.29, 1.82) is 0 Å². The number of halogens is 2. The van der Waals surface area contributed by atoms with Gasteiger partial charge in [0.25, 0.3) is 0 Å². The van der Waals surface area contributed by atoms with Gasteiger partial charge in [-0.05, 0) is 6.92 Å². The molecule has 0 radical (unpaired) electrons. The van der Waals surface area contributed by atoms with E-state index in [1.54, 1.807) is 0 Å². The fourth-order valence-corrected chi connectivity index (χ4v) is 0.626. The van der Waals surface area contributed by atoms with E-state index in [1.165, 1.54) is 6.92 Å². The van der Waals surface area contributed by atoms with E-state index in [0.717, 1.165) is 6.26 Å². The van der Waals surface area contributed by atoms with Crippen LogP contribution in [0, 0.1) is 0 Å². The molecule has 0 amide bonds. The molecule has 11 heavy (non-hydrogen) atoms. The Balaban J connectivity index is 4.30. The fourth-order valence-electron chi connectivity index (χ4n) is 0.332. The molecule has 0 saturated carbocycles. The van der Waals surface area contributed by atoms with Crippen LogP contribution < -0.4 is 0 Å². The highest BCUT2D eigenvalue weighted by atomic mass is 32.2. The maximum atomic E-state index is 12.4. The van der Waals surface area contributed by atoms with Crippen molar-refractivity contribution < 1.29 is 22.5 Å². The van der Waals surface area contributed by atoms with E-state index in [1.807, 2.05) is 0 Å². The van der Waals surface area contributed by atoms with Gasteiger partial charge in [0.05, 0.1) is 17.4 Å². The van der Waals surface area contributed by atoms with E-state index in [0.29, 0.717) is 0 Å². The number of hydrogen-bond donors (Lipinski definition) is 0. The van der Waals surface area contributed by atoms with E-state index >= 15 is 0 Å². The molecule has 0 aromatic carbocycles. The third-order valence-electron chi connectivity index (χ3n) is 0.874. The predicted octanol–water partition coefficient (Wildman–Crippen LogP) is 0.521. The molecule has 0 heterocycles. The summed E-state index contributed by atoms with van der Waals surface area (Å²) >= 11 is 0. The van der Waals surface area contributed by atoms with Gasteiger partial charge < -0.3 is 4.74 Å². The van der Waals surface area contributed by atoms with Gasteiger partial charge in [-0.25, -0.2) is 4.79 Å². The summed E-state index contributed by atoms with van der Waals surface area (Å²) in [6, 6.07) is 0. The lowest BCUT2D eigenvalue weighted by molar-refractivity contribution is -0.159. The molecule has 0 aliphatic carbocycles. The molecule has 3 nitrogen and oxygen atoms in total. The lowest BCUT2D eigenvalue weighted by Gasteiger charge is -2.10.